The Balaban J connectivity index is 4.55. The van der Waals surface area contributed by atoms with Crippen molar-refractivity contribution < 1.29 is 14.7 Å². The number of hydrogen-bond acceptors (Lipinski definition) is 2. The minimum Gasteiger partial charge on any atom is -0.477 e. The molecule has 0 aromatic heterocycles. The lowest BCUT2D eigenvalue weighted by atomic mass is 10.4. The summed E-state index contributed by atoms with van der Waals surface area (Å²) in [4.78, 5) is 21.3. The van der Waals surface area contributed by atoms with Crippen LogP contribution in [0.1, 0.15) is 6.92 Å². The molecule has 4 nitrogen and oxygen atoms in total. The monoisotopic (exact) mass is 299 g/mol. The zero-order chi connectivity index (χ0) is 9.72. The van der Waals surface area contributed by atoms with Crippen LogP contribution in [0.2, 0.25) is 0 Å². The van der Waals surface area contributed by atoms with Gasteiger partial charge in [0.1, 0.15) is 8.96 Å². The second-order valence-electron chi connectivity index (χ2n) is 1.79. The molecule has 0 atom stereocenters. The van der Waals surface area contributed by atoms with E-state index in [0.29, 0.717) is 6.54 Å². The van der Waals surface area contributed by atoms with Gasteiger partial charge in [0.05, 0.1) is 0 Å². The van der Waals surface area contributed by atoms with Gasteiger partial charge in [-0.05, 0) is 38.8 Å². The minimum atomic E-state index is -1.19. The van der Waals surface area contributed by atoms with Crippen molar-refractivity contribution in [3.05, 3.63) is 8.96 Å². The van der Waals surface area contributed by atoms with E-state index in [-0.39, 0.29) is 8.96 Å². The first-order valence-electron chi connectivity index (χ1n) is 3.07. The number of carbonyl (C=O) groups is 2. The molecule has 0 aromatic rings. The van der Waals surface area contributed by atoms with E-state index in [0.717, 1.165) is 0 Å². The van der Waals surface area contributed by atoms with Crippen LogP contribution in [0, 0.1) is 0 Å². The molecule has 0 heterocycles. The maximum Gasteiger partial charge on any atom is 0.344 e. The van der Waals surface area contributed by atoms with E-state index >= 15 is 0 Å². The Labute approximate surface area is 86.3 Å². The van der Waals surface area contributed by atoms with Crippen LogP contribution in [-0.4, -0.2) is 23.5 Å². The summed E-state index contributed by atoms with van der Waals surface area (Å²) in [6.07, 6.45) is 0. The molecule has 6 heteroatoms. The summed E-state index contributed by atoms with van der Waals surface area (Å²) in [5.41, 5.74) is 0. The molecule has 68 valence electrons. The first-order chi connectivity index (χ1) is 5.50. The van der Waals surface area contributed by atoms with E-state index in [1.165, 1.54) is 0 Å². The highest BCUT2D eigenvalue weighted by Gasteiger charge is 2.14. The Morgan fingerprint density at radius 1 is 1.33 bits per heavy atom. The minimum absolute atomic E-state index is 0.0168. The van der Waals surface area contributed by atoms with Crippen LogP contribution < -0.4 is 5.32 Å². The van der Waals surface area contributed by atoms with E-state index in [4.69, 9.17) is 5.11 Å². The molecule has 2 N–H and O–H groups in total. The van der Waals surface area contributed by atoms with Gasteiger partial charge in [0.25, 0.3) is 5.91 Å². The molecule has 0 spiro atoms. The summed E-state index contributed by atoms with van der Waals surface area (Å²) in [7, 11) is 0. The number of rotatable bonds is 3. The van der Waals surface area contributed by atoms with Crippen molar-refractivity contribution >= 4 is 43.7 Å². The maximum absolute atomic E-state index is 11.0. The van der Waals surface area contributed by atoms with Crippen LogP contribution in [0.15, 0.2) is 8.96 Å². The summed E-state index contributed by atoms with van der Waals surface area (Å²) in [5.74, 6) is -1.64. The van der Waals surface area contributed by atoms with Gasteiger partial charge in [-0.3, -0.25) is 4.79 Å². The highest BCUT2D eigenvalue weighted by atomic mass is 79.9. The van der Waals surface area contributed by atoms with Gasteiger partial charge in [0.15, 0.2) is 0 Å². The van der Waals surface area contributed by atoms with E-state index < -0.39 is 11.9 Å². The third-order valence-corrected chi connectivity index (χ3v) is 2.94. The van der Waals surface area contributed by atoms with Gasteiger partial charge in [0, 0.05) is 6.54 Å². The van der Waals surface area contributed by atoms with Gasteiger partial charge in [-0.2, -0.15) is 0 Å². The van der Waals surface area contributed by atoms with Gasteiger partial charge < -0.3 is 10.4 Å². The normalized spacial score (nSPS) is 11.9. The predicted octanol–water partition coefficient (Wildman–Crippen LogP) is 1.21. The van der Waals surface area contributed by atoms with Gasteiger partial charge >= 0.3 is 5.97 Å². The molecular formula is C6H7Br2NO3. The van der Waals surface area contributed by atoms with Crippen molar-refractivity contribution in [1.82, 2.24) is 5.32 Å². The zero-order valence-electron chi connectivity index (χ0n) is 6.23. The van der Waals surface area contributed by atoms with Crippen LogP contribution in [-0.2, 0) is 9.59 Å². The van der Waals surface area contributed by atoms with Gasteiger partial charge in [-0.1, -0.05) is 0 Å². The fraction of sp³-hybridized carbons (Fsp3) is 0.333. The van der Waals surface area contributed by atoms with Gasteiger partial charge in [-0.15, -0.1) is 0 Å². The van der Waals surface area contributed by atoms with Gasteiger partial charge in [0.2, 0.25) is 0 Å². The van der Waals surface area contributed by atoms with Crippen LogP contribution in [0.5, 0.6) is 0 Å². The Morgan fingerprint density at radius 3 is 2.17 bits per heavy atom. The SMILES string of the molecule is CCNC(=O)/C(Br)=C(/Br)C(=O)O. The number of nitrogens with one attached hydrogen (secondary N) is 1. The maximum atomic E-state index is 11.0. The Kier molecular flexibility index (Phi) is 5.16. The van der Waals surface area contributed by atoms with Crippen molar-refractivity contribution in [2.75, 3.05) is 6.54 Å². The number of carbonyl (C=O) groups excluding carboxylic acids is 1. The number of carboxylic acids is 1. The molecule has 0 aliphatic carbocycles. The summed E-state index contributed by atoms with van der Waals surface area (Å²) in [6.45, 7) is 2.20. The molecular weight excluding hydrogens is 294 g/mol. The predicted molar refractivity (Wildman–Crippen MR) is 51.2 cm³/mol. The van der Waals surface area contributed by atoms with E-state index in [2.05, 4.69) is 37.2 Å². The number of likely N-dealkylation sites (N-methyl/N-ethyl adjacent to an activating group) is 1. The Bertz CT molecular complexity index is 237. The number of carboxylic acid groups (broad SMARTS) is 1. The lowest BCUT2D eigenvalue weighted by molar-refractivity contribution is -0.132. The molecule has 0 rings (SSSR count). The smallest absolute Gasteiger partial charge is 0.344 e. The summed E-state index contributed by atoms with van der Waals surface area (Å²) < 4.78 is -0.203. The van der Waals surface area contributed by atoms with Crippen LogP contribution in [0.4, 0.5) is 0 Å². The topological polar surface area (TPSA) is 66.4 Å². The largest absolute Gasteiger partial charge is 0.477 e. The molecule has 12 heavy (non-hydrogen) atoms. The highest BCUT2D eigenvalue weighted by molar-refractivity contribution is 9.14. The summed E-state index contributed by atoms with van der Waals surface area (Å²) >= 11 is 5.60. The van der Waals surface area contributed by atoms with E-state index in [1.54, 1.807) is 6.92 Å². The van der Waals surface area contributed by atoms with Gasteiger partial charge in [-0.25, -0.2) is 4.79 Å². The molecule has 0 saturated carbocycles. The van der Waals surface area contributed by atoms with Crippen molar-refractivity contribution in [3.63, 3.8) is 0 Å². The third kappa shape index (κ3) is 3.36. The number of amides is 1. The van der Waals surface area contributed by atoms with Crippen molar-refractivity contribution in [2.24, 2.45) is 0 Å². The van der Waals surface area contributed by atoms with Crippen molar-refractivity contribution in [3.8, 4) is 0 Å². The second-order valence-corrected chi connectivity index (χ2v) is 3.38. The van der Waals surface area contributed by atoms with Crippen LogP contribution >= 0.6 is 31.9 Å². The average Bonchev–Trinajstić information content (AvgIpc) is 2.02. The second kappa shape index (κ2) is 5.31. The molecule has 0 bridgehead atoms. The van der Waals surface area contributed by atoms with E-state index in [1.807, 2.05) is 0 Å². The van der Waals surface area contributed by atoms with Crippen molar-refractivity contribution in [1.29, 1.82) is 0 Å². The molecule has 0 fully saturated rings. The number of halogens is 2. The third-order valence-electron chi connectivity index (χ3n) is 0.917. The summed E-state index contributed by atoms with van der Waals surface area (Å²) in [6, 6.07) is 0. The molecule has 0 unspecified atom stereocenters. The number of hydrogen-bond donors (Lipinski definition) is 2. The first kappa shape index (κ1) is 11.6. The van der Waals surface area contributed by atoms with Crippen LogP contribution in [0.3, 0.4) is 0 Å². The fourth-order valence-corrected chi connectivity index (χ4v) is 0.922. The summed E-state index contributed by atoms with van der Waals surface area (Å²) in [5, 5.41) is 10.9. The Hall–Kier alpha value is -0.360. The molecule has 0 saturated heterocycles. The standard InChI is InChI=1S/C6H7Br2NO3/c1-2-9-5(10)3(7)4(8)6(11)12/h2H2,1H3,(H,9,10)(H,11,12)/b4-3-. The fourth-order valence-electron chi connectivity index (χ4n) is 0.432. The Morgan fingerprint density at radius 2 is 1.83 bits per heavy atom. The first-order valence-corrected chi connectivity index (χ1v) is 4.66. The van der Waals surface area contributed by atoms with Crippen LogP contribution in [0.25, 0.3) is 0 Å². The zero-order valence-corrected chi connectivity index (χ0v) is 9.40. The molecule has 0 radical (unpaired) electrons. The highest BCUT2D eigenvalue weighted by Crippen LogP contribution is 2.17. The number of aliphatic carboxylic acids is 1. The molecule has 0 aromatic carbocycles. The molecule has 1 amide bonds. The lowest BCUT2D eigenvalue weighted by Gasteiger charge is -2.00. The molecule has 0 aliphatic rings. The average molecular weight is 301 g/mol. The van der Waals surface area contributed by atoms with Crippen molar-refractivity contribution in [2.45, 2.75) is 6.92 Å². The molecule has 0 aliphatic heterocycles. The quantitative estimate of drug-likeness (QED) is 0.770. The van der Waals surface area contributed by atoms with E-state index in [9.17, 15) is 9.59 Å². The lowest BCUT2D eigenvalue weighted by Crippen LogP contribution is -2.23.